The first-order valence-electron chi connectivity index (χ1n) is 9.95. The maximum atomic E-state index is 14.7. The molecular formula is C23H25FN2O5. The number of hydrogen-bond donors (Lipinski definition) is 1. The van der Waals surface area contributed by atoms with E-state index >= 15 is 0 Å². The van der Waals surface area contributed by atoms with Crippen molar-refractivity contribution in [3.8, 4) is 0 Å². The van der Waals surface area contributed by atoms with Gasteiger partial charge in [-0.2, -0.15) is 0 Å². The molecule has 8 heteroatoms. The number of carbonyl (C=O) groups is 3. The van der Waals surface area contributed by atoms with E-state index in [2.05, 4.69) is 5.32 Å². The minimum Gasteiger partial charge on any atom is -0.457 e. The first-order chi connectivity index (χ1) is 14.6. The Labute approximate surface area is 180 Å². The molecule has 1 fully saturated rings. The number of benzene rings is 2. The van der Waals surface area contributed by atoms with Gasteiger partial charge in [-0.25, -0.2) is 14.0 Å². The van der Waals surface area contributed by atoms with Gasteiger partial charge in [-0.15, -0.1) is 0 Å². The highest BCUT2D eigenvalue weighted by molar-refractivity contribution is 6.01. The number of carbonyl (C=O) groups excluding carboxylic acids is 3. The van der Waals surface area contributed by atoms with E-state index in [4.69, 9.17) is 9.47 Å². The standard InChI is InChI=1S/C23H25FN2O5/c1-23(2,3)31-22(29)25-18-11-12-26(20(18)27)19-10-9-16(13-17(19)24)21(28)30-14-15-7-5-4-6-8-15/h4-10,13,18H,11-12,14H2,1-3H3,(H,25,29)/t18-/m0/s1. The van der Waals surface area contributed by atoms with Crippen LogP contribution in [0.4, 0.5) is 14.9 Å². The van der Waals surface area contributed by atoms with E-state index in [9.17, 15) is 18.8 Å². The zero-order valence-corrected chi connectivity index (χ0v) is 17.7. The number of rotatable bonds is 5. The highest BCUT2D eigenvalue weighted by Crippen LogP contribution is 2.26. The molecule has 1 aliphatic heterocycles. The molecule has 3 rings (SSSR count). The molecule has 0 bridgehead atoms. The number of nitrogens with zero attached hydrogens (tertiary/aromatic N) is 1. The Balaban J connectivity index is 1.62. The van der Waals surface area contributed by atoms with Crippen molar-refractivity contribution in [2.24, 2.45) is 0 Å². The summed E-state index contributed by atoms with van der Waals surface area (Å²) in [5.74, 6) is -1.82. The Morgan fingerprint density at radius 3 is 2.52 bits per heavy atom. The Morgan fingerprint density at radius 1 is 1.16 bits per heavy atom. The molecule has 2 amide bonds. The van der Waals surface area contributed by atoms with Gasteiger partial charge in [-0.1, -0.05) is 30.3 Å². The molecule has 0 radical (unpaired) electrons. The largest absolute Gasteiger partial charge is 0.457 e. The predicted octanol–water partition coefficient (Wildman–Crippen LogP) is 3.81. The number of nitrogens with one attached hydrogen (secondary N) is 1. The molecule has 2 aromatic carbocycles. The summed E-state index contributed by atoms with van der Waals surface area (Å²) in [7, 11) is 0. The number of ether oxygens (including phenoxy) is 2. The maximum absolute atomic E-state index is 14.7. The molecular weight excluding hydrogens is 403 g/mol. The third-order valence-corrected chi connectivity index (χ3v) is 4.58. The quantitative estimate of drug-likeness (QED) is 0.732. The van der Waals surface area contributed by atoms with Gasteiger partial charge in [0.1, 0.15) is 24.1 Å². The van der Waals surface area contributed by atoms with E-state index in [0.29, 0.717) is 6.42 Å². The number of halogens is 1. The number of anilines is 1. The van der Waals surface area contributed by atoms with E-state index < -0.39 is 35.4 Å². The molecule has 0 saturated carbocycles. The second kappa shape index (κ2) is 9.16. The van der Waals surface area contributed by atoms with Crippen molar-refractivity contribution in [1.29, 1.82) is 0 Å². The molecule has 0 aliphatic carbocycles. The van der Waals surface area contributed by atoms with Crippen molar-refractivity contribution >= 4 is 23.7 Å². The topological polar surface area (TPSA) is 84.9 Å². The van der Waals surface area contributed by atoms with Crippen LogP contribution in [0, 0.1) is 5.82 Å². The van der Waals surface area contributed by atoms with Crippen LogP contribution in [0.1, 0.15) is 43.1 Å². The van der Waals surface area contributed by atoms with Gasteiger partial charge in [0, 0.05) is 6.54 Å². The second-order valence-corrected chi connectivity index (χ2v) is 8.21. The van der Waals surface area contributed by atoms with Crippen LogP contribution < -0.4 is 10.2 Å². The number of esters is 1. The van der Waals surface area contributed by atoms with Crippen molar-refractivity contribution < 1.29 is 28.2 Å². The van der Waals surface area contributed by atoms with E-state index in [1.54, 1.807) is 20.8 Å². The highest BCUT2D eigenvalue weighted by atomic mass is 19.1. The van der Waals surface area contributed by atoms with Crippen LogP contribution in [0.3, 0.4) is 0 Å². The summed E-state index contributed by atoms with van der Waals surface area (Å²) in [5, 5.41) is 2.52. The molecule has 1 N–H and O–H groups in total. The van der Waals surface area contributed by atoms with Gasteiger partial charge in [-0.3, -0.25) is 4.79 Å². The van der Waals surface area contributed by atoms with Crippen molar-refractivity contribution in [3.63, 3.8) is 0 Å². The Hall–Kier alpha value is -3.42. The zero-order valence-electron chi connectivity index (χ0n) is 17.7. The maximum Gasteiger partial charge on any atom is 0.408 e. The van der Waals surface area contributed by atoms with Gasteiger partial charge in [0.05, 0.1) is 11.3 Å². The van der Waals surface area contributed by atoms with Gasteiger partial charge in [0.25, 0.3) is 0 Å². The predicted molar refractivity (Wildman–Crippen MR) is 112 cm³/mol. The molecule has 1 heterocycles. The fourth-order valence-corrected chi connectivity index (χ4v) is 3.16. The minimum atomic E-state index is -0.801. The summed E-state index contributed by atoms with van der Waals surface area (Å²) in [5.41, 5.74) is 0.215. The van der Waals surface area contributed by atoms with Gasteiger partial charge >= 0.3 is 12.1 Å². The lowest BCUT2D eigenvalue weighted by Gasteiger charge is -2.22. The molecule has 0 spiro atoms. The van der Waals surface area contributed by atoms with E-state index in [0.717, 1.165) is 11.6 Å². The average Bonchev–Trinajstić information content (AvgIpc) is 3.05. The van der Waals surface area contributed by atoms with Crippen LogP contribution in [0.2, 0.25) is 0 Å². The highest BCUT2D eigenvalue weighted by Gasteiger charge is 2.36. The molecule has 164 valence electrons. The van der Waals surface area contributed by atoms with Gasteiger partial charge in [0.15, 0.2) is 0 Å². The second-order valence-electron chi connectivity index (χ2n) is 8.21. The third kappa shape index (κ3) is 5.81. The molecule has 7 nitrogen and oxygen atoms in total. The van der Waals surface area contributed by atoms with Crippen LogP contribution in [0.25, 0.3) is 0 Å². The SMILES string of the molecule is CC(C)(C)OC(=O)N[C@H]1CCN(c2ccc(C(=O)OCc3ccccc3)cc2F)C1=O. The Bertz CT molecular complexity index is 972. The van der Waals surface area contributed by atoms with Crippen LogP contribution in [-0.4, -0.2) is 36.2 Å². The van der Waals surface area contributed by atoms with Gasteiger partial charge < -0.3 is 19.7 Å². The summed E-state index contributed by atoms with van der Waals surface area (Å²) < 4.78 is 25.1. The molecule has 1 aliphatic rings. The summed E-state index contributed by atoms with van der Waals surface area (Å²) in [6.07, 6.45) is -0.386. The number of alkyl carbamates (subject to hydrolysis) is 1. The third-order valence-electron chi connectivity index (χ3n) is 4.58. The summed E-state index contributed by atoms with van der Waals surface area (Å²) in [4.78, 5) is 38.0. The number of hydrogen-bond acceptors (Lipinski definition) is 5. The average molecular weight is 428 g/mol. The molecule has 0 unspecified atom stereocenters. The monoisotopic (exact) mass is 428 g/mol. The first-order valence-corrected chi connectivity index (χ1v) is 9.95. The lowest BCUT2D eigenvalue weighted by atomic mass is 10.2. The molecule has 31 heavy (non-hydrogen) atoms. The van der Waals surface area contributed by atoms with Crippen LogP contribution in [0.5, 0.6) is 0 Å². The molecule has 2 aromatic rings. The summed E-state index contributed by atoms with van der Waals surface area (Å²) >= 11 is 0. The van der Waals surface area contributed by atoms with Gasteiger partial charge in [0.2, 0.25) is 5.91 Å². The molecule has 0 aromatic heterocycles. The van der Waals surface area contributed by atoms with Crippen LogP contribution >= 0.6 is 0 Å². The molecule has 1 atom stereocenters. The fraction of sp³-hybridized carbons (Fsp3) is 0.348. The summed E-state index contributed by atoms with van der Waals surface area (Å²) in [6, 6.07) is 12.2. The first kappa shape index (κ1) is 22.3. The number of amides is 2. The van der Waals surface area contributed by atoms with E-state index in [-0.39, 0.29) is 24.4 Å². The zero-order chi connectivity index (χ0) is 22.6. The summed E-state index contributed by atoms with van der Waals surface area (Å²) in [6.45, 7) is 5.46. The lowest BCUT2D eigenvalue weighted by molar-refractivity contribution is -0.118. The Morgan fingerprint density at radius 2 is 1.87 bits per heavy atom. The van der Waals surface area contributed by atoms with Crippen LogP contribution in [0.15, 0.2) is 48.5 Å². The van der Waals surface area contributed by atoms with Crippen LogP contribution in [-0.2, 0) is 20.9 Å². The van der Waals surface area contributed by atoms with Crippen molar-refractivity contribution in [2.45, 2.75) is 45.4 Å². The van der Waals surface area contributed by atoms with E-state index in [1.807, 2.05) is 30.3 Å². The molecule has 1 saturated heterocycles. The van der Waals surface area contributed by atoms with Crippen molar-refractivity contribution in [3.05, 3.63) is 65.5 Å². The fourth-order valence-electron chi connectivity index (χ4n) is 3.16. The van der Waals surface area contributed by atoms with Crippen molar-refractivity contribution in [2.75, 3.05) is 11.4 Å². The normalized spacial score (nSPS) is 16.2. The minimum absolute atomic E-state index is 0.0399. The smallest absolute Gasteiger partial charge is 0.408 e. The van der Waals surface area contributed by atoms with Crippen molar-refractivity contribution in [1.82, 2.24) is 5.32 Å². The Kier molecular flexibility index (Phi) is 6.58. The van der Waals surface area contributed by atoms with E-state index in [1.165, 1.54) is 17.0 Å². The van der Waals surface area contributed by atoms with Gasteiger partial charge in [-0.05, 0) is 51.0 Å². The lowest BCUT2D eigenvalue weighted by Crippen LogP contribution is -2.43.